The van der Waals surface area contributed by atoms with Crippen LogP contribution in [-0.4, -0.2) is 62.8 Å². The number of esters is 1. The Balaban J connectivity index is 2.85. The van der Waals surface area contributed by atoms with Gasteiger partial charge in [0.15, 0.2) is 0 Å². The summed E-state index contributed by atoms with van der Waals surface area (Å²) in [6.45, 7) is 0.979. The Morgan fingerprint density at radius 2 is 2.00 bits per heavy atom. The SMILES string of the molecule is COCCN(CCC(=O)OC)C(=O)c1cccnc1OC. The van der Waals surface area contributed by atoms with Crippen molar-refractivity contribution in [1.82, 2.24) is 9.88 Å². The second-order valence-electron chi connectivity index (χ2n) is 4.17. The third-order valence-corrected chi connectivity index (χ3v) is 2.86. The standard InChI is InChI=1S/C14H20N2O5/c1-19-10-9-16(8-6-12(17)20-2)14(18)11-5-4-7-15-13(11)21-3/h4-5,7H,6,8-10H2,1-3H3. The lowest BCUT2D eigenvalue weighted by molar-refractivity contribution is -0.140. The van der Waals surface area contributed by atoms with Crippen LogP contribution in [0.5, 0.6) is 5.88 Å². The number of carbonyl (C=O) groups is 2. The molecule has 0 saturated carbocycles. The van der Waals surface area contributed by atoms with Gasteiger partial charge in [-0.1, -0.05) is 0 Å². The van der Waals surface area contributed by atoms with Crippen LogP contribution in [0.15, 0.2) is 18.3 Å². The number of hydrogen-bond donors (Lipinski definition) is 0. The molecule has 0 aliphatic rings. The predicted molar refractivity (Wildman–Crippen MR) is 75.2 cm³/mol. The summed E-state index contributed by atoms with van der Waals surface area (Å²) >= 11 is 0. The van der Waals surface area contributed by atoms with Crippen molar-refractivity contribution in [3.63, 3.8) is 0 Å². The maximum absolute atomic E-state index is 12.5. The highest BCUT2D eigenvalue weighted by Crippen LogP contribution is 2.16. The van der Waals surface area contributed by atoms with Gasteiger partial charge in [-0.2, -0.15) is 0 Å². The Bertz CT molecular complexity index is 478. The van der Waals surface area contributed by atoms with Crippen molar-refractivity contribution in [2.45, 2.75) is 6.42 Å². The second kappa shape index (κ2) is 8.91. The summed E-state index contributed by atoms with van der Waals surface area (Å²) in [5.41, 5.74) is 0.348. The lowest BCUT2D eigenvalue weighted by Gasteiger charge is -2.22. The van der Waals surface area contributed by atoms with Gasteiger partial charge in [0.2, 0.25) is 5.88 Å². The molecule has 0 saturated heterocycles. The summed E-state index contributed by atoms with van der Waals surface area (Å²) in [4.78, 5) is 29.3. The average Bonchev–Trinajstić information content (AvgIpc) is 2.53. The van der Waals surface area contributed by atoms with E-state index >= 15 is 0 Å². The Morgan fingerprint density at radius 3 is 2.62 bits per heavy atom. The summed E-state index contributed by atoms with van der Waals surface area (Å²) in [6.07, 6.45) is 1.66. The Labute approximate surface area is 123 Å². The van der Waals surface area contributed by atoms with E-state index in [2.05, 4.69) is 9.72 Å². The van der Waals surface area contributed by atoms with E-state index in [-0.39, 0.29) is 30.7 Å². The van der Waals surface area contributed by atoms with Gasteiger partial charge in [-0.15, -0.1) is 0 Å². The molecule has 0 bridgehead atoms. The van der Waals surface area contributed by atoms with E-state index in [1.54, 1.807) is 25.4 Å². The van der Waals surface area contributed by atoms with Gasteiger partial charge in [-0.25, -0.2) is 4.98 Å². The summed E-state index contributed by atoms with van der Waals surface area (Å²) in [7, 11) is 4.31. The number of amides is 1. The number of carbonyl (C=O) groups excluding carboxylic acids is 2. The van der Waals surface area contributed by atoms with Crippen molar-refractivity contribution in [3.05, 3.63) is 23.9 Å². The zero-order valence-corrected chi connectivity index (χ0v) is 12.5. The lowest BCUT2D eigenvalue weighted by Crippen LogP contribution is -2.36. The number of rotatable bonds is 8. The molecule has 1 rings (SSSR count). The second-order valence-corrected chi connectivity index (χ2v) is 4.17. The van der Waals surface area contributed by atoms with E-state index in [4.69, 9.17) is 9.47 Å². The Morgan fingerprint density at radius 1 is 1.24 bits per heavy atom. The van der Waals surface area contributed by atoms with Crippen molar-refractivity contribution in [1.29, 1.82) is 0 Å². The number of methoxy groups -OCH3 is 3. The quantitative estimate of drug-likeness (QED) is 0.659. The van der Waals surface area contributed by atoms with Crippen molar-refractivity contribution in [2.24, 2.45) is 0 Å². The fourth-order valence-corrected chi connectivity index (χ4v) is 1.73. The Kier molecular flexibility index (Phi) is 7.17. The first-order chi connectivity index (χ1) is 10.1. The summed E-state index contributed by atoms with van der Waals surface area (Å²) in [5, 5.41) is 0. The highest BCUT2D eigenvalue weighted by atomic mass is 16.5. The number of ether oxygens (including phenoxy) is 3. The molecule has 1 aromatic rings. The first-order valence-electron chi connectivity index (χ1n) is 6.48. The van der Waals surface area contributed by atoms with E-state index in [0.717, 1.165) is 0 Å². The first-order valence-corrected chi connectivity index (χ1v) is 6.48. The average molecular weight is 296 g/mol. The molecular weight excluding hydrogens is 276 g/mol. The van der Waals surface area contributed by atoms with Gasteiger partial charge in [-0.3, -0.25) is 9.59 Å². The molecule has 1 amide bonds. The van der Waals surface area contributed by atoms with E-state index in [9.17, 15) is 9.59 Å². The highest BCUT2D eigenvalue weighted by molar-refractivity contribution is 5.96. The third kappa shape index (κ3) is 5.03. The van der Waals surface area contributed by atoms with Gasteiger partial charge < -0.3 is 19.1 Å². The molecule has 21 heavy (non-hydrogen) atoms. The minimum Gasteiger partial charge on any atom is -0.480 e. The van der Waals surface area contributed by atoms with Crippen molar-refractivity contribution in [2.75, 3.05) is 41.0 Å². The van der Waals surface area contributed by atoms with Gasteiger partial charge in [0.05, 0.1) is 27.2 Å². The molecule has 0 spiro atoms. The van der Waals surface area contributed by atoms with Gasteiger partial charge in [0.25, 0.3) is 5.91 Å². The van der Waals surface area contributed by atoms with Crippen LogP contribution < -0.4 is 4.74 Å². The van der Waals surface area contributed by atoms with E-state index in [0.29, 0.717) is 18.7 Å². The summed E-state index contributed by atoms with van der Waals surface area (Å²) in [5.74, 6) is -0.382. The number of hydrogen-bond acceptors (Lipinski definition) is 6. The van der Waals surface area contributed by atoms with Crippen LogP contribution in [0.4, 0.5) is 0 Å². The van der Waals surface area contributed by atoms with Crippen LogP contribution in [0.25, 0.3) is 0 Å². The largest absolute Gasteiger partial charge is 0.480 e. The van der Waals surface area contributed by atoms with Crippen molar-refractivity contribution < 1.29 is 23.8 Å². The van der Waals surface area contributed by atoms with Crippen LogP contribution in [0.2, 0.25) is 0 Å². The molecule has 1 aromatic heterocycles. The van der Waals surface area contributed by atoms with Gasteiger partial charge >= 0.3 is 5.97 Å². The molecule has 0 atom stereocenters. The molecule has 116 valence electrons. The molecule has 0 fully saturated rings. The third-order valence-electron chi connectivity index (χ3n) is 2.86. The maximum Gasteiger partial charge on any atom is 0.307 e. The van der Waals surface area contributed by atoms with E-state index in [1.807, 2.05) is 0 Å². The summed E-state index contributed by atoms with van der Waals surface area (Å²) in [6, 6.07) is 3.29. The molecule has 7 heteroatoms. The first kappa shape index (κ1) is 16.9. The molecular formula is C14H20N2O5. The topological polar surface area (TPSA) is 78.0 Å². The molecule has 1 heterocycles. The molecule has 0 radical (unpaired) electrons. The normalized spacial score (nSPS) is 10.0. The summed E-state index contributed by atoms with van der Waals surface area (Å²) < 4.78 is 14.7. The lowest BCUT2D eigenvalue weighted by atomic mass is 10.2. The van der Waals surface area contributed by atoms with Crippen LogP contribution in [0.1, 0.15) is 16.8 Å². The van der Waals surface area contributed by atoms with E-state index in [1.165, 1.54) is 19.1 Å². The van der Waals surface area contributed by atoms with Gasteiger partial charge in [-0.05, 0) is 12.1 Å². The molecule has 0 unspecified atom stereocenters. The minimum atomic E-state index is -0.372. The zero-order chi connectivity index (χ0) is 15.7. The number of nitrogens with zero attached hydrogens (tertiary/aromatic N) is 2. The minimum absolute atomic E-state index is 0.120. The van der Waals surface area contributed by atoms with E-state index < -0.39 is 0 Å². The van der Waals surface area contributed by atoms with Crippen LogP contribution >= 0.6 is 0 Å². The van der Waals surface area contributed by atoms with Crippen LogP contribution in [0, 0.1) is 0 Å². The van der Waals surface area contributed by atoms with Crippen LogP contribution in [0.3, 0.4) is 0 Å². The monoisotopic (exact) mass is 296 g/mol. The number of aromatic nitrogens is 1. The molecule has 0 N–H and O–H groups in total. The maximum atomic E-state index is 12.5. The highest BCUT2D eigenvalue weighted by Gasteiger charge is 2.20. The zero-order valence-electron chi connectivity index (χ0n) is 12.5. The number of pyridine rings is 1. The Hall–Kier alpha value is -2.15. The van der Waals surface area contributed by atoms with Crippen molar-refractivity contribution in [3.8, 4) is 5.88 Å². The fourth-order valence-electron chi connectivity index (χ4n) is 1.73. The molecule has 7 nitrogen and oxygen atoms in total. The van der Waals surface area contributed by atoms with Gasteiger partial charge in [0, 0.05) is 26.4 Å². The molecule has 0 aromatic carbocycles. The smallest absolute Gasteiger partial charge is 0.307 e. The predicted octanol–water partition coefficient (Wildman–Crippen LogP) is 0.742. The molecule has 0 aliphatic heterocycles. The van der Waals surface area contributed by atoms with Crippen LogP contribution in [-0.2, 0) is 14.3 Å². The van der Waals surface area contributed by atoms with Crippen molar-refractivity contribution >= 4 is 11.9 Å². The fraction of sp³-hybridized carbons (Fsp3) is 0.500. The van der Waals surface area contributed by atoms with Gasteiger partial charge in [0.1, 0.15) is 5.56 Å². The molecule has 0 aliphatic carbocycles.